The summed E-state index contributed by atoms with van der Waals surface area (Å²) >= 11 is 0. The van der Waals surface area contributed by atoms with E-state index in [1.807, 2.05) is 0 Å². The van der Waals surface area contributed by atoms with Crippen LogP contribution < -0.4 is 0 Å². The molecule has 0 aliphatic carbocycles. The van der Waals surface area contributed by atoms with Gasteiger partial charge in [0.15, 0.2) is 6.10 Å². The lowest BCUT2D eigenvalue weighted by Crippen LogP contribution is -2.30. The summed E-state index contributed by atoms with van der Waals surface area (Å²) in [6.45, 7) is 6.41. The number of esters is 3. The van der Waals surface area contributed by atoms with E-state index in [0.717, 1.165) is 103 Å². The number of hydrogen-bond acceptors (Lipinski definition) is 6. The molecular formula is C65H106O6. The molecule has 6 heteroatoms. The van der Waals surface area contributed by atoms with Gasteiger partial charge in [0.25, 0.3) is 0 Å². The number of carbonyl (C=O) groups is 3. The van der Waals surface area contributed by atoms with Gasteiger partial charge in [-0.25, -0.2) is 0 Å². The Morgan fingerprint density at radius 1 is 0.296 bits per heavy atom. The molecule has 402 valence electrons. The summed E-state index contributed by atoms with van der Waals surface area (Å²) in [6.07, 6.45) is 80.5. The molecule has 0 saturated heterocycles. The summed E-state index contributed by atoms with van der Waals surface area (Å²) in [5.41, 5.74) is 0. The zero-order chi connectivity index (χ0) is 51.4. The number of carbonyl (C=O) groups excluding carboxylic acids is 3. The molecule has 0 aromatic carbocycles. The van der Waals surface area contributed by atoms with Crippen LogP contribution in [-0.4, -0.2) is 37.2 Å². The molecule has 0 amide bonds. The zero-order valence-corrected chi connectivity index (χ0v) is 45.9. The highest BCUT2D eigenvalue weighted by Crippen LogP contribution is 2.13. The summed E-state index contributed by atoms with van der Waals surface area (Å²) in [7, 11) is 0. The third kappa shape index (κ3) is 56.6. The van der Waals surface area contributed by atoms with E-state index in [2.05, 4.69) is 142 Å². The second-order valence-corrected chi connectivity index (χ2v) is 18.8. The molecular weight excluding hydrogens is 877 g/mol. The first kappa shape index (κ1) is 66.8. The molecule has 71 heavy (non-hydrogen) atoms. The monoisotopic (exact) mass is 983 g/mol. The fourth-order valence-electron chi connectivity index (χ4n) is 7.57. The molecule has 0 aliphatic heterocycles. The third-order valence-electron chi connectivity index (χ3n) is 11.9. The van der Waals surface area contributed by atoms with Gasteiger partial charge in [0.1, 0.15) is 13.2 Å². The summed E-state index contributed by atoms with van der Waals surface area (Å²) < 4.78 is 16.8. The Hall–Kier alpha value is -4.19. The molecule has 0 rings (SSSR count). The fraction of sp³-hybridized carbons (Fsp3) is 0.646. The van der Waals surface area contributed by atoms with Gasteiger partial charge in [0.05, 0.1) is 0 Å². The quantitative estimate of drug-likeness (QED) is 0.0261. The van der Waals surface area contributed by atoms with E-state index in [0.29, 0.717) is 19.3 Å². The highest BCUT2D eigenvalue weighted by Gasteiger charge is 2.19. The number of unbranched alkanes of at least 4 members (excludes halogenated alkanes) is 20. The minimum Gasteiger partial charge on any atom is -0.462 e. The van der Waals surface area contributed by atoms with E-state index in [4.69, 9.17) is 14.2 Å². The zero-order valence-electron chi connectivity index (χ0n) is 45.9. The number of hydrogen-bond donors (Lipinski definition) is 0. The molecule has 0 aromatic rings. The Morgan fingerprint density at radius 3 is 0.958 bits per heavy atom. The lowest BCUT2D eigenvalue weighted by molar-refractivity contribution is -0.167. The lowest BCUT2D eigenvalue weighted by atomic mass is 10.1. The maximum Gasteiger partial charge on any atom is 0.306 e. The summed E-state index contributed by atoms with van der Waals surface area (Å²) in [5, 5.41) is 0. The standard InChI is InChI=1S/C65H106O6/c1-4-7-10-13-16-19-22-25-28-31-32-35-38-41-44-47-50-53-56-59-65(68)71-62(60-69-63(66)57-54-51-48-45-42-39-36-33-29-26-23-20-17-14-11-8-5-2)61-70-64(67)58-55-52-49-46-43-40-37-34-30-27-24-21-18-15-12-9-6-3/h7,10,16-17,19-20,25-30,32,35,37,40-41,44,46,49,62H,4-6,8-9,11-15,18,21-24,31,33-34,36,38-39,42-43,45,47-48,50-61H2,1-3H3/b10-7-,19-16-,20-17-,28-25-,29-26-,30-27-,35-32-,40-37-,44-41-,49-46-/t62-/m1/s1. The highest BCUT2D eigenvalue weighted by molar-refractivity contribution is 5.71. The van der Waals surface area contributed by atoms with E-state index in [9.17, 15) is 14.4 Å². The fourth-order valence-corrected chi connectivity index (χ4v) is 7.57. The summed E-state index contributed by atoms with van der Waals surface area (Å²) in [6, 6.07) is 0. The van der Waals surface area contributed by atoms with Crippen molar-refractivity contribution in [3.8, 4) is 0 Å². The smallest absolute Gasteiger partial charge is 0.306 e. The van der Waals surface area contributed by atoms with Gasteiger partial charge in [-0.05, 0) is 128 Å². The predicted molar refractivity (Wildman–Crippen MR) is 306 cm³/mol. The van der Waals surface area contributed by atoms with Crippen LogP contribution in [0.5, 0.6) is 0 Å². The van der Waals surface area contributed by atoms with Crippen LogP contribution in [0.3, 0.4) is 0 Å². The third-order valence-corrected chi connectivity index (χ3v) is 11.9. The van der Waals surface area contributed by atoms with E-state index in [1.54, 1.807) is 0 Å². The topological polar surface area (TPSA) is 78.9 Å². The van der Waals surface area contributed by atoms with Crippen LogP contribution in [0, 0.1) is 0 Å². The number of ether oxygens (including phenoxy) is 3. The van der Waals surface area contributed by atoms with Crippen molar-refractivity contribution >= 4 is 17.9 Å². The van der Waals surface area contributed by atoms with E-state index >= 15 is 0 Å². The second kappa shape index (κ2) is 58.4. The lowest BCUT2D eigenvalue weighted by Gasteiger charge is -2.18. The Balaban J connectivity index is 4.56. The van der Waals surface area contributed by atoms with Crippen LogP contribution in [0.15, 0.2) is 122 Å². The van der Waals surface area contributed by atoms with Gasteiger partial charge in [-0.3, -0.25) is 14.4 Å². The summed E-state index contributed by atoms with van der Waals surface area (Å²) in [4.78, 5) is 38.2. The number of allylic oxidation sites excluding steroid dienone is 20. The van der Waals surface area contributed by atoms with Gasteiger partial charge in [-0.15, -0.1) is 0 Å². The first-order valence-corrected chi connectivity index (χ1v) is 29.0. The molecule has 6 nitrogen and oxygen atoms in total. The molecule has 0 radical (unpaired) electrons. The van der Waals surface area contributed by atoms with Gasteiger partial charge in [0.2, 0.25) is 0 Å². The molecule has 0 saturated carbocycles. The first-order chi connectivity index (χ1) is 35.0. The molecule has 0 spiro atoms. The average molecular weight is 984 g/mol. The van der Waals surface area contributed by atoms with Gasteiger partial charge in [-0.1, -0.05) is 226 Å². The van der Waals surface area contributed by atoms with E-state index in [1.165, 1.54) is 96.3 Å². The van der Waals surface area contributed by atoms with Crippen molar-refractivity contribution in [2.24, 2.45) is 0 Å². The first-order valence-electron chi connectivity index (χ1n) is 29.0. The minimum atomic E-state index is -0.823. The molecule has 1 atom stereocenters. The Morgan fingerprint density at radius 2 is 0.563 bits per heavy atom. The largest absolute Gasteiger partial charge is 0.462 e. The minimum absolute atomic E-state index is 0.114. The van der Waals surface area contributed by atoms with Crippen LogP contribution in [0.2, 0.25) is 0 Å². The Bertz CT molecular complexity index is 1500. The van der Waals surface area contributed by atoms with Crippen molar-refractivity contribution in [3.05, 3.63) is 122 Å². The van der Waals surface area contributed by atoms with Crippen molar-refractivity contribution in [1.29, 1.82) is 0 Å². The predicted octanol–water partition coefficient (Wildman–Crippen LogP) is 19.6. The van der Waals surface area contributed by atoms with Crippen LogP contribution in [-0.2, 0) is 28.6 Å². The van der Waals surface area contributed by atoms with E-state index in [-0.39, 0.29) is 44.0 Å². The van der Waals surface area contributed by atoms with Gasteiger partial charge in [-0.2, -0.15) is 0 Å². The van der Waals surface area contributed by atoms with Crippen LogP contribution in [0.4, 0.5) is 0 Å². The average Bonchev–Trinajstić information content (AvgIpc) is 3.37. The SMILES string of the molecule is CC/C=C\C/C=C\C/C=C\C/C=C\C/C=C\CCCCCC(=O)O[C@@H](COC(=O)CCC/C=C\C/C=C\C/C=C\CCCCCCCC)COC(=O)CCCCCCCCC/C=C\C/C=C\CCCCC. The molecule has 0 unspecified atom stereocenters. The van der Waals surface area contributed by atoms with Crippen LogP contribution in [0.1, 0.15) is 252 Å². The molecule has 0 heterocycles. The molecule has 0 fully saturated rings. The highest BCUT2D eigenvalue weighted by atomic mass is 16.6. The van der Waals surface area contributed by atoms with Crippen LogP contribution >= 0.6 is 0 Å². The van der Waals surface area contributed by atoms with Crippen molar-refractivity contribution in [1.82, 2.24) is 0 Å². The molecule has 0 aromatic heterocycles. The normalized spacial score (nSPS) is 13.0. The molecule has 0 aliphatic rings. The molecule has 0 N–H and O–H groups in total. The van der Waals surface area contributed by atoms with Crippen LogP contribution in [0.25, 0.3) is 0 Å². The van der Waals surface area contributed by atoms with Crippen molar-refractivity contribution in [2.45, 2.75) is 258 Å². The molecule has 0 bridgehead atoms. The second-order valence-electron chi connectivity index (χ2n) is 18.8. The Kier molecular flexibility index (Phi) is 54.9. The maximum atomic E-state index is 12.9. The number of rotatable bonds is 51. The summed E-state index contributed by atoms with van der Waals surface area (Å²) in [5.74, 6) is -1.01. The van der Waals surface area contributed by atoms with Gasteiger partial charge in [0, 0.05) is 19.3 Å². The van der Waals surface area contributed by atoms with E-state index < -0.39 is 6.10 Å². The van der Waals surface area contributed by atoms with Gasteiger partial charge >= 0.3 is 17.9 Å². The van der Waals surface area contributed by atoms with Gasteiger partial charge < -0.3 is 14.2 Å². The van der Waals surface area contributed by atoms with Crippen molar-refractivity contribution in [2.75, 3.05) is 13.2 Å². The maximum absolute atomic E-state index is 12.9. The Labute approximate surface area is 437 Å². The van der Waals surface area contributed by atoms with Crippen molar-refractivity contribution < 1.29 is 28.6 Å². The van der Waals surface area contributed by atoms with Crippen molar-refractivity contribution in [3.63, 3.8) is 0 Å².